The molecule has 0 aromatic heterocycles. The first-order valence-electron chi connectivity index (χ1n) is 10.9. The van der Waals surface area contributed by atoms with Gasteiger partial charge in [-0.2, -0.15) is 0 Å². The Hall–Kier alpha value is 0.0900. The third kappa shape index (κ3) is 26.1. The van der Waals surface area contributed by atoms with E-state index < -0.39 is 0 Å². The van der Waals surface area contributed by atoms with Crippen molar-refractivity contribution < 1.29 is 23.7 Å². The molecular formula is C21H43ClO5. The van der Waals surface area contributed by atoms with Crippen molar-refractivity contribution in [2.75, 3.05) is 71.9 Å². The second-order valence-corrected chi connectivity index (χ2v) is 6.96. The van der Waals surface area contributed by atoms with Crippen molar-refractivity contribution in [3.8, 4) is 0 Å². The SMILES string of the molecule is CCCCCCCOCCOCCOCCOCCOCCCCCCCl. The van der Waals surface area contributed by atoms with Gasteiger partial charge in [0.05, 0.1) is 52.9 Å². The third-order valence-electron chi connectivity index (χ3n) is 4.05. The van der Waals surface area contributed by atoms with Gasteiger partial charge in [-0.25, -0.2) is 0 Å². The highest BCUT2D eigenvalue weighted by atomic mass is 35.5. The summed E-state index contributed by atoms with van der Waals surface area (Å²) in [6.07, 6.45) is 10.9. The van der Waals surface area contributed by atoms with E-state index in [1.165, 1.54) is 38.5 Å². The van der Waals surface area contributed by atoms with Crippen LogP contribution >= 0.6 is 11.6 Å². The summed E-state index contributed by atoms with van der Waals surface area (Å²) in [5.74, 6) is 0.760. The molecule has 5 nitrogen and oxygen atoms in total. The second-order valence-electron chi connectivity index (χ2n) is 6.58. The Bertz CT molecular complexity index is 233. The van der Waals surface area contributed by atoms with E-state index in [-0.39, 0.29) is 0 Å². The Balaban J connectivity index is 2.95. The highest BCUT2D eigenvalue weighted by molar-refractivity contribution is 6.17. The van der Waals surface area contributed by atoms with Crippen molar-refractivity contribution >= 4 is 11.6 Å². The van der Waals surface area contributed by atoms with Gasteiger partial charge in [0.25, 0.3) is 0 Å². The molecule has 0 fully saturated rings. The molecule has 0 bridgehead atoms. The van der Waals surface area contributed by atoms with Crippen LogP contribution in [0.2, 0.25) is 0 Å². The summed E-state index contributed by atoms with van der Waals surface area (Å²) in [5.41, 5.74) is 0. The van der Waals surface area contributed by atoms with E-state index in [0.717, 1.165) is 38.4 Å². The maximum absolute atomic E-state index is 5.63. The van der Waals surface area contributed by atoms with Crippen LogP contribution in [0, 0.1) is 0 Å². The van der Waals surface area contributed by atoms with Gasteiger partial charge in [-0.1, -0.05) is 45.4 Å². The van der Waals surface area contributed by atoms with Gasteiger partial charge >= 0.3 is 0 Å². The number of ether oxygens (including phenoxy) is 5. The van der Waals surface area contributed by atoms with Gasteiger partial charge in [0, 0.05) is 19.1 Å². The van der Waals surface area contributed by atoms with E-state index in [1.54, 1.807) is 0 Å². The van der Waals surface area contributed by atoms with Crippen molar-refractivity contribution in [2.45, 2.75) is 64.7 Å². The highest BCUT2D eigenvalue weighted by Gasteiger charge is 1.94. The Morgan fingerprint density at radius 2 is 0.741 bits per heavy atom. The van der Waals surface area contributed by atoms with Crippen LogP contribution < -0.4 is 0 Å². The summed E-state index contributed by atoms with van der Waals surface area (Å²) in [6.45, 7) is 8.85. The Kier molecular flexibility index (Phi) is 26.2. The minimum Gasteiger partial charge on any atom is -0.379 e. The van der Waals surface area contributed by atoms with E-state index in [1.807, 2.05) is 0 Å². The molecule has 0 spiro atoms. The predicted molar refractivity (Wildman–Crippen MR) is 112 cm³/mol. The van der Waals surface area contributed by atoms with Gasteiger partial charge in [-0.3, -0.25) is 0 Å². The maximum atomic E-state index is 5.63. The van der Waals surface area contributed by atoms with Crippen molar-refractivity contribution in [1.82, 2.24) is 0 Å². The molecule has 0 aliphatic heterocycles. The summed E-state index contributed by atoms with van der Waals surface area (Å²) in [5, 5.41) is 0. The average molecular weight is 411 g/mol. The minimum absolute atomic E-state index is 0.593. The standard InChI is InChI=1S/C21H43ClO5/c1-2-3-4-6-9-12-23-14-16-25-18-20-27-21-19-26-17-15-24-13-10-7-5-8-11-22/h2-21H2,1H3. The van der Waals surface area contributed by atoms with Crippen LogP contribution in [-0.4, -0.2) is 71.9 Å². The van der Waals surface area contributed by atoms with Crippen LogP contribution in [0.25, 0.3) is 0 Å². The molecule has 0 heterocycles. The lowest BCUT2D eigenvalue weighted by Crippen LogP contribution is -2.13. The average Bonchev–Trinajstić information content (AvgIpc) is 2.68. The maximum Gasteiger partial charge on any atom is 0.0701 e. The fraction of sp³-hybridized carbons (Fsp3) is 1.00. The van der Waals surface area contributed by atoms with E-state index >= 15 is 0 Å². The first-order chi connectivity index (χ1) is 13.4. The first-order valence-corrected chi connectivity index (χ1v) is 11.4. The quantitative estimate of drug-likeness (QED) is 0.168. The van der Waals surface area contributed by atoms with Crippen molar-refractivity contribution in [3.05, 3.63) is 0 Å². The van der Waals surface area contributed by atoms with Crippen LogP contribution in [0.15, 0.2) is 0 Å². The van der Waals surface area contributed by atoms with Gasteiger partial charge in [-0.15, -0.1) is 11.6 Å². The first kappa shape index (κ1) is 27.1. The number of alkyl halides is 1. The molecule has 0 saturated heterocycles. The molecule has 6 heteroatoms. The lowest BCUT2D eigenvalue weighted by Gasteiger charge is -2.08. The zero-order valence-corrected chi connectivity index (χ0v) is 18.3. The lowest BCUT2D eigenvalue weighted by molar-refractivity contribution is -0.0114. The van der Waals surface area contributed by atoms with Crippen molar-refractivity contribution in [1.29, 1.82) is 0 Å². The van der Waals surface area contributed by atoms with Gasteiger partial charge in [-0.05, 0) is 19.3 Å². The molecule has 27 heavy (non-hydrogen) atoms. The largest absolute Gasteiger partial charge is 0.379 e. The topological polar surface area (TPSA) is 46.2 Å². The molecule has 0 saturated carbocycles. The molecule has 0 aromatic carbocycles. The van der Waals surface area contributed by atoms with Crippen LogP contribution in [0.3, 0.4) is 0 Å². The molecule has 0 unspecified atom stereocenters. The van der Waals surface area contributed by atoms with Crippen LogP contribution in [0.4, 0.5) is 0 Å². The fourth-order valence-corrected chi connectivity index (χ4v) is 2.63. The van der Waals surface area contributed by atoms with Gasteiger partial charge < -0.3 is 23.7 Å². The minimum atomic E-state index is 0.593. The molecule has 164 valence electrons. The number of rotatable bonds is 24. The molecule has 0 N–H and O–H groups in total. The summed E-state index contributed by atoms with van der Waals surface area (Å²) >= 11 is 5.63. The zero-order valence-electron chi connectivity index (χ0n) is 17.6. The van der Waals surface area contributed by atoms with Crippen LogP contribution in [0.5, 0.6) is 0 Å². The van der Waals surface area contributed by atoms with Crippen molar-refractivity contribution in [3.63, 3.8) is 0 Å². The summed E-state index contributed by atoms with van der Waals surface area (Å²) in [6, 6.07) is 0. The number of halogens is 1. The monoisotopic (exact) mass is 410 g/mol. The van der Waals surface area contributed by atoms with Crippen LogP contribution in [-0.2, 0) is 23.7 Å². The zero-order chi connectivity index (χ0) is 19.7. The van der Waals surface area contributed by atoms with E-state index in [0.29, 0.717) is 52.9 Å². The highest BCUT2D eigenvalue weighted by Crippen LogP contribution is 2.02. The van der Waals surface area contributed by atoms with Crippen molar-refractivity contribution in [2.24, 2.45) is 0 Å². The smallest absolute Gasteiger partial charge is 0.0701 e. The normalized spacial score (nSPS) is 11.3. The molecule has 0 radical (unpaired) electrons. The number of unbranched alkanes of at least 4 members (excludes halogenated alkanes) is 7. The predicted octanol–water partition coefficient (Wildman–Crippen LogP) is 4.84. The molecular weight excluding hydrogens is 368 g/mol. The summed E-state index contributed by atoms with van der Waals surface area (Å²) in [7, 11) is 0. The van der Waals surface area contributed by atoms with Gasteiger partial charge in [0.1, 0.15) is 0 Å². The fourth-order valence-electron chi connectivity index (χ4n) is 2.44. The summed E-state index contributed by atoms with van der Waals surface area (Å²) < 4.78 is 27.4. The Morgan fingerprint density at radius 1 is 0.407 bits per heavy atom. The molecule has 0 aromatic rings. The van der Waals surface area contributed by atoms with Gasteiger partial charge in [0.15, 0.2) is 0 Å². The molecule has 0 amide bonds. The van der Waals surface area contributed by atoms with E-state index in [2.05, 4.69) is 6.92 Å². The van der Waals surface area contributed by atoms with E-state index in [9.17, 15) is 0 Å². The second kappa shape index (κ2) is 26.1. The summed E-state index contributed by atoms with van der Waals surface area (Å²) in [4.78, 5) is 0. The number of hydrogen-bond donors (Lipinski definition) is 0. The molecule has 0 rings (SSSR count). The van der Waals surface area contributed by atoms with Crippen LogP contribution in [0.1, 0.15) is 64.7 Å². The van der Waals surface area contributed by atoms with Gasteiger partial charge in [0.2, 0.25) is 0 Å². The molecule has 0 atom stereocenters. The Morgan fingerprint density at radius 3 is 1.11 bits per heavy atom. The Labute approximate surface area is 172 Å². The lowest BCUT2D eigenvalue weighted by atomic mass is 10.2. The number of hydrogen-bond acceptors (Lipinski definition) is 5. The molecule has 0 aliphatic rings. The third-order valence-corrected chi connectivity index (χ3v) is 4.32. The van der Waals surface area contributed by atoms with E-state index in [4.69, 9.17) is 35.3 Å². The molecule has 0 aliphatic carbocycles.